The predicted molar refractivity (Wildman–Crippen MR) is 142 cm³/mol. The number of carbonyl (C=O) groups excluding carboxylic acids is 1. The first kappa shape index (κ1) is 24.7. The summed E-state index contributed by atoms with van der Waals surface area (Å²) >= 11 is 3.57. The van der Waals surface area contributed by atoms with Crippen LogP contribution < -0.4 is 5.32 Å². The molecule has 2 aromatic heterocycles. The largest absolute Gasteiger partial charge is 0.508 e. The number of anilines is 1. The molecule has 3 heterocycles. The molecule has 1 saturated heterocycles. The van der Waals surface area contributed by atoms with Crippen molar-refractivity contribution in [3.63, 3.8) is 0 Å². The van der Waals surface area contributed by atoms with Gasteiger partial charge in [0, 0.05) is 43.5 Å². The van der Waals surface area contributed by atoms with E-state index in [1.807, 2.05) is 30.0 Å². The number of fused-ring (bicyclic) bond motifs is 1. The summed E-state index contributed by atoms with van der Waals surface area (Å²) in [5, 5.41) is 17.6. The Hall–Kier alpha value is -3.46. The minimum Gasteiger partial charge on any atom is -0.508 e. The van der Waals surface area contributed by atoms with Crippen molar-refractivity contribution in [2.24, 2.45) is 4.99 Å². The second-order valence-electron chi connectivity index (χ2n) is 8.69. The van der Waals surface area contributed by atoms with Gasteiger partial charge < -0.3 is 15.3 Å². The minimum atomic E-state index is 0.0846. The molecule has 0 aliphatic carbocycles. The first-order valence-corrected chi connectivity index (χ1v) is 12.4. The maximum Gasteiger partial charge on any atom is 0.226 e. The lowest BCUT2D eigenvalue weighted by atomic mass is 9.92. The smallest absolute Gasteiger partial charge is 0.226 e. The lowest BCUT2D eigenvalue weighted by molar-refractivity contribution is -0.131. The van der Waals surface area contributed by atoms with Crippen LogP contribution in [0.3, 0.4) is 0 Å². The number of allylic oxidation sites excluding steroid dienone is 2. The number of rotatable bonds is 8. The average Bonchev–Trinajstić information content (AvgIpc) is 3.23. The van der Waals surface area contributed by atoms with E-state index in [0.29, 0.717) is 26.1 Å². The van der Waals surface area contributed by atoms with Crippen molar-refractivity contribution >= 4 is 40.0 Å². The SMILES string of the molecule is C=N/C=C\C=C(/C)CNc1cc(C2CCN(C(=O)Cc3cccc(O)c3)CC2)nc2c(Br)cnn12. The number of aromatic nitrogens is 3. The van der Waals surface area contributed by atoms with E-state index in [9.17, 15) is 9.90 Å². The summed E-state index contributed by atoms with van der Waals surface area (Å²) < 4.78 is 2.64. The number of carbonyl (C=O) groups is 1. The average molecular weight is 537 g/mol. The number of halogens is 1. The van der Waals surface area contributed by atoms with E-state index < -0.39 is 0 Å². The van der Waals surface area contributed by atoms with Crippen LogP contribution >= 0.6 is 15.9 Å². The van der Waals surface area contributed by atoms with Gasteiger partial charge in [0.2, 0.25) is 5.91 Å². The van der Waals surface area contributed by atoms with Crippen molar-refractivity contribution in [3.05, 3.63) is 76.2 Å². The van der Waals surface area contributed by atoms with Crippen molar-refractivity contribution in [1.29, 1.82) is 0 Å². The van der Waals surface area contributed by atoms with Gasteiger partial charge in [-0.25, -0.2) is 4.98 Å². The van der Waals surface area contributed by atoms with Crippen LogP contribution in [0.15, 0.2) is 69.9 Å². The highest BCUT2D eigenvalue weighted by Crippen LogP contribution is 2.31. The zero-order chi connectivity index (χ0) is 24.8. The van der Waals surface area contributed by atoms with Gasteiger partial charge in [0.15, 0.2) is 5.65 Å². The molecule has 1 fully saturated rings. The number of likely N-dealkylation sites (tertiary alicyclic amines) is 1. The van der Waals surface area contributed by atoms with E-state index in [1.54, 1.807) is 35.1 Å². The Morgan fingerprint density at radius 3 is 2.89 bits per heavy atom. The van der Waals surface area contributed by atoms with Crippen LogP contribution in [0.1, 0.15) is 36.9 Å². The summed E-state index contributed by atoms with van der Waals surface area (Å²) in [5.41, 5.74) is 3.73. The van der Waals surface area contributed by atoms with E-state index in [4.69, 9.17) is 4.98 Å². The Morgan fingerprint density at radius 1 is 1.34 bits per heavy atom. The van der Waals surface area contributed by atoms with Crippen LogP contribution in [0, 0.1) is 0 Å². The Balaban J connectivity index is 1.45. The molecule has 35 heavy (non-hydrogen) atoms. The van der Waals surface area contributed by atoms with Crippen molar-refractivity contribution in [2.45, 2.75) is 32.1 Å². The summed E-state index contributed by atoms with van der Waals surface area (Å²) in [4.78, 5) is 23.3. The molecule has 2 N–H and O–H groups in total. The quantitative estimate of drug-likeness (QED) is 0.321. The molecule has 1 aromatic carbocycles. The number of phenolic OH excluding ortho intramolecular Hbond substituents is 1. The van der Waals surface area contributed by atoms with E-state index in [-0.39, 0.29) is 17.6 Å². The summed E-state index contributed by atoms with van der Waals surface area (Å²) in [5.74, 6) is 1.39. The lowest BCUT2D eigenvalue weighted by Gasteiger charge is -2.32. The van der Waals surface area contributed by atoms with Gasteiger partial charge >= 0.3 is 0 Å². The fraction of sp³-hybridized carbons (Fsp3) is 0.308. The van der Waals surface area contributed by atoms with Crippen LogP contribution in [0.25, 0.3) is 5.65 Å². The van der Waals surface area contributed by atoms with Gasteiger partial charge in [-0.2, -0.15) is 9.61 Å². The number of piperidine rings is 1. The predicted octanol–water partition coefficient (Wildman–Crippen LogP) is 4.72. The van der Waals surface area contributed by atoms with Crippen LogP contribution in [0.5, 0.6) is 5.75 Å². The van der Waals surface area contributed by atoms with Gasteiger partial charge in [-0.3, -0.25) is 9.79 Å². The van der Waals surface area contributed by atoms with Gasteiger partial charge in [0.05, 0.1) is 17.1 Å². The highest BCUT2D eigenvalue weighted by Gasteiger charge is 2.26. The molecule has 0 unspecified atom stereocenters. The van der Waals surface area contributed by atoms with Crippen molar-refractivity contribution in [3.8, 4) is 5.75 Å². The molecule has 4 rings (SSSR count). The molecule has 1 amide bonds. The molecule has 8 nitrogen and oxygen atoms in total. The highest BCUT2D eigenvalue weighted by molar-refractivity contribution is 9.10. The second kappa shape index (κ2) is 11.3. The maximum absolute atomic E-state index is 12.8. The molecule has 9 heteroatoms. The van der Waals surface area contributed by atoms with Crippen molar-refractivity contribution in [1.82, 2.24) is 19.5 Å². The number of hydrogen-bond acceptors (Lipinski definition) is 6. The van der Waals surface area contributed by atoms with E-state index in [2.05, 4.69) is 44.1 Å². The third-order valence-corrected chi connectivity index (χ3v) is 6.66. The van der Waals surface area contributed by atoms with Crippen molar-refractivity contribution in [2.75, 3.05) is 25.0 Å². The van der Waals surface area contributed by atoms with Crippen LogP contribution in [-0.2, 0) is 11.2 Å². The third-order valence-electron chi connectivity index (χ3n) is 6.10. The summed E-state index contributed by atoms with van der Waals surface area (Å²) in [6.07, 6.45) is 9.24. The molecule has 0 atom stereocenters. The van der Waals surface area contributed by atoms with Crippen LogP contribution in [-0.4, -0.2) is 56.9 Å². The van der Waals surface area contributed by atoms with Crippen LogP contribution in [0.2, 0.25) is 0 Å². The molecular weight excluding hydrogens is 508 g/mol. The zero-order valence-electron chi connectivity index (χ0n) is 19.7. The number of aromatic hydroxyl groups is 1. The fourth-order valence-electron chi connectivity index (χ4n) is 4.22. The van der Waals surface area contributed by atoms with Gasteiger partial charge in [-0.05, 0) is 66.2 Å². The number of benzene rings is 1. The molecule has 0 bridgehead atoms. The highest BCUT2D eigenvalue weighted by atomic mass is 79.9. The number of phenols is 1. The molecule has 182 valence electrons. The monoisotopic (exact) mass is 536 g/mol. The number of nitrogens with one attached hydrogen (secondary N) is 1. The van der Waals surface area contributed by atoms with Gasteiger partial charge in [0.1, 0.15) is 11.6 Å². The first-order chi connectivity index (χ1) is 16.9. The van der Waals surface area contributed by atoms with Gasteiger partial charge in [-0.15, -0.1) is 0 Å². The number of nitrogens with zero attached hydrogens (tertiary/aromatic N) is 5. The first-order valence-electron chi connectivity index (χ1n) is 11.6. The van der Waals surface area contributed by atoms with E-state index in [1.165, 1.54) is 0 Å². The van der Waals surface area contributed by atoms with Gasteiger partial charge in [-0.1, -0.05) is 23.8 Å². The number of amides is 1. The molecular formula is C26H29BrN6O2. The standard InChI is InChI=1S/C26H29BrN6O2/c1-18(5-4-10-28-2)16-29-24-15-23(31-26-22(27)17-30-33(24)26)20-8-11-32(12-9-20)25(35)14-19-6-3-7-21(34)13-19/h3-7,10,13,15,17,20,29,34H,2,8-9,11-12,14,16H2,1H3/b10-4-,18-5+. The van der Waals surface area contributed by atoms with E-state index in [0.717, 1.165) is 45.6 Å². The Kier molecular flexibility index (Phi) is 7.97. The lowest BCUT2D eigenvalue weighted by Crippen LogP contribution is -2.39. The Morgan fingerprint density at radius 2 is 2.14 bits per heavy atom. The molecule has 0 spiro atoms. The van der Waals surface area contributed by atoms with E-state index >= 15 is 0 Å². The normalized spacial score (nSPS) is 15.1. The topological polar surface area (TPSA) is 95.1 Å². The summed E-state index contributed by atoms with van der Waals surface area (Å²) in [6.45, 7) is 7.51. The minimum absolute atomic E-state index is 0.0846. The molecule has 0 radical (unpaired) electrons. The second-order valence-corrected chi connectivity index (χ2v) is 9.54. The maximum atomic E-state index is 12.8. The molecule has 3 aromatic rings. The summed E-state index contributed by atoms with van der Waals surface area (Å²) in [6, 6.07) is 8.95. The third kappa shape index (κ3) is 6.16. The fourth-order valence-corrected chi connectivity index (χ4v) is 4.57. The molecule has 0 saturated carbocycles. The summed E-state index contributed by atoms with van der Waals surface area (Å²) in [7, 11) is 0. The molecule has 1 aliphatic heterocycles. The van der Waals surface area contributed by atoms with Crippen LogP contribution in [0.4, 0.5) is 5.82 Å². The number of aliphatic imine (C=N–C) groups is 1. The van der Waals surface area contributed by atoms with Gasteiger partial charge in [0.25, 0.3) is 0 Å². The zero-order valence-corrected chi connectivity index (χ0v) is 21.3. The Bertz CT molecular complexity index is 1270. The number of hydrogen-bond donors (Lipinski definition) is 2. The Labute approximate surface area is 213 Å². The molecule has 1 aliphatic rings. The van der Waals surface area contributed by atoms with Crippen molar-refractivity contribution < 1.29 is 9.90 Å².